The van der Waals surface area contributed by atoms with Gasteiger partial charge in [-0.1, -0.05) is 11.8 Å². The van der Waals surface area contributed by atoms with Crippen LogP contribution in [-0.4, -0.2) is 48.8 Å². The Morgan fingerprint density at radius 3 is 2.74 bits per heavy atom. The van der Waals surface area contributed by atoms with E-state index in [1.165, 1.54) is 11.8 Å². The normalized spacial score (nSPS) is 22.9. The predicted octanol–water partition coefficient (Wildman–Crippen LogP) is 1.93. The van der Waals surface area contributed by atoms with Crippen LogP contribution in [0.25, 0.3) is 0 Å². The lowest BCUT2D eigenvalue weighted by molar-refractivity contribution is 0.0953. The fraction of sp³-hybridized carbons (Fsp3) is 0.333. The number of fused-ring (bicyclic) bond motifs is 1. The standard InChI is InChI=1S/C18H19N3O4S2/c22-17(19-8-7-14-2-1-9-25-14)12-3-5-13(6-4-12)20-18-21-15-10-27(23,24)11-16(15)26-18/h1-6,9,15-16H,7-8,10-11H2,(H,19,22)(H,20,21)/t15-,16+/m1/s1. The summed E-state index contributed by atoms with van der Waals surface area (Å²) in [5.74, 6) is 1.02. The summed E-state index contributed by atoms with van der Waals surface area (Å²) in [6.07, 6.45) is 2.26. The van der Waals surface area contributed by atoms with Gasteiger partial charge in [0, 0.05) is 29.5 Å². The van der Waals surface area contributed by atoms with E-state index >= 15 is 0 Å². The van der Waals surface area contributed by atoms with Crippen LogP contribution < -0.4 is 10.6 Å². The number of sulfone groups is 1. The number of hydrogen-bond donors (Lipinski definition) is 2. The molecule has 2 aromatic rings. The minimum atomic E-state index is -2.95. The molecule has 3 heterocycles. The quantitative estimate of drug-likeness (QED) is 0.788. The summed E-state index contributed by atoms with van der Waals surface area (Å²) in [4.78, 5) is 16.6. The minimum absolute atomic E-state index is 0.0108. The van der Waals surface area contributed by atoms with Gasteiger partial charge < -0.3 is 15.1 Å². The van der Waals surface area contributed by atoms with Gasteiger partial charge in [-0.2, -0.15) is 0 Å². The highest BCUT2D eigenvalue weighted by Gasteiger charge is 2.42. The van der Waals surface area contributed by atoms with Crippen molar-refractivity contribution in [1.82, 2.24) is 5.32 Å². The molecule has 1 amide bonds. The number of amidine groups is 1. The van der Waals surface area contributed by atoms with Crippen LogP contribution in [0, 0.1) is 0 Å². The molecule has 0 saturated carbocycles. The third kappa shape index (κ3) is 4.36. The Morgan fingerprint density at radius 2 is 2.04 bits per heavy atom. The maximum atomic E-state index is 12.2. The molecule has 2 aliphatic heterocycles. The molecule has 1 saturated heterocycles. The zero-order chi connectivity index (χ0) is 18.9. The predicted molar refractivity (Wildman–Crippen MR) is 106 cm³/mol. The first-order valence-electron chi connectivity index (χ1n) is 8.61. The van der Waals surface area contributed by atoms with Crippen LogP contribution in [0.15, 0.2) is 52.1 Å². The van der Waals surface area contributed by atoms with Crippen molar-refractivity contribution in [2.24, 2.45) is 4.99 Å². The summed E-state index contributed by atoms with van der Waals surface area (Å²) in [6.45, 7) is 0.505. The molecule has 0 unspecified atom stereocenters. The van der Waals surface area contributed by atoms with E-state index in [0.717, 1.165) is 16.6 Å². The number of benzene rings is 1. The van der Waals surface area contributed by atoms with Crippen molar-refractivity contribution in [1.29, 1.82) is 0 Å². The van der Waals surface area contributed by atoms with Gasteiger partial charge in [-0.15, -0.1) is 0 Å². The lowest BCUT2D eigenvalue weighted by Crippen LogP contribution is -2.25. The van der Waals surface area contributed by atoms with Crippen molar-refractivity contribution in [2.75, 3.05) is 23.4 Å². The summed E-state index contributed by atoms with van der Waals surface area (Å²) in [5.41, 5.74) is 1.39. The first-order valence-corrected chi connectivity index (χ1v) is 11.3. The van der Waals surface area contributed by atoms with Crippen molar-refractivity contribution in [3.8, 4) is 0 Å². The molecule has 1 aromatic carbocycles. The highest BCUT2D eigenvalue weighted by molar-refractivity contribution is 8.15. The number of carbonyl (C=O) groups is 1. The number of nitrogens with one attached hydrogen (secondary N) is 2. The van der Waals surface area contributed by atoms with E-state index in [0.29, 0.717) is 18.5 Å². The molecule has 1 aromatic heterocycles. The maximum Gasteiger partial charge on any atom is 0.251 e. The second kappa shape index (κ2) is 7.40. The van der Waals surface area contributed by atoms with Gasteiger partial charge in [0.2, 0.25) is 0 Å². The number of aliphatic imine (C=N–C) groups is 1. The average Bonchev–Trinajstić information content (AvgIpc) is 3.31. The van der Waals surface area contributed by atoms with Gasteiger partial charge in [0.15, 0.2) is 15.0 Å². The Bertz CT molecular complexity index is 953. The fourth-order valence-electron chi connectivity index (χ4n) is 3.10. The summed E-state index contributed by atoms with van der Waals surface area (Å²) in [6, 6.07) is 10.7. The molecular formula is C18H19N3O4S2. The number of amides is 1. The lowest BCUT2D eigenvalue weighted by atomic mass is 10.2. The van der Waals surface area contributed by atoms with Gasteiger partial charge in [-0.05, 0) is 36.4 Å². The number of nitrogens with zero attached hydrogens (tertiary/aromatic N) is 1. The van der Waals surface area contributed by atoms with Crippen LogP contribution in [0.2, 0.25) is 0 Å². The number of thioether (sulfide) groups is 1. The summed E-state index contributed by atoms with van der Waals surface area (Å²) in [5, 5.41) is 6.80. The van der Waals surface area contributed by atoms with E-state index in [4.69, 9.17) is 4.42 Å². The van der Waals surface area contributed by atoms with Crippen molar-refractivity contribution in [2.45, 2.75) is 17.7 Å². The molecule has 27 heavy (non-hydrogen) atoms. The van der Waals surface area contributed by atoms with Crippen LogP contribution >= 0.6 is 11.8 Å². The van der Waals surface area contributed by atoms with E-state index in [-0.39, 0.29) is 28.7 Å². The molecule has 9 heteroatoms. The number of anilines is 1. The SMILES string of the molecule is O=C(NCCc1ccco1)c1ccc(NC2=N[C@@H]3CS(=O)(=O)C[C@@H]3S2)cc1. The Morgan fingerprint density at radius 1 is 1.22 bits per heavy atom. The molecule has 7 nitrogen and oxygen atoms in total. The minimum Gasteiger partial charge on any atom is -0.469 e. The van der Waals surface area contributed by atoms with E-state index in [9.17, 15) is 13.2 Å². The summed E-state index contributed by atoms with van der Waals surface area (Å²) >= 11 is 1.47. The molecule has 0 aliphatic carbocycles. The fourth-order valence-corrected chi connectivity index (χ4v) is 6.78. The van der Waals surface area contributed by atoms with E-state index < -0.39 is 9.84 Å². The molecule has 2 atom stereocenters. The van der Waals surface area contributed by atoms with E-state index in [2.05, 4.69) is 15.6 Å². The maximum absolute atomic E-state index is 12.2. The van der Waals surface area contributed by atoms with Crippen LogP contribution in [-0.2, 0) is 16.3 Å². The first-order chi connectivity index (χ1) is 13.0. The number of furan rings is 1. The van der Waals surface area contributed by atoms with Gasteiger partial charge in [0.05, 0.1) is 23.8 Å². The third-order valence-corrected chi connectivity index (χ3v) is 7.60. The Hall–Kier alpha value is -2.26. The topological polar surface area (TPSA) is 101 Å². The Balaban J connectivity index is 1.29. The summed E-state index contributed by atoms with van der Waals surface area (Å²) < 4.78 is 28.4. The molecular weight excluding hydrogens is 386 g/mol. The van der Waals surface area contributed by atoms with Crippen molar-refractivity contribution < 1.29 is 17.6 Å². The lowest BCUT2D eigenvalue weighted by Gasteiger charge is -2.08. The Kier molecular flexibility index (Phi) is 4.96. The van der Waals surface area contributed by atoms with Gasteiger partial charge >= 0.3 is 0 Å². The number of carbonyl (C=O) groups excluding carboxylic acids is 1. The van der Waals surface area contributed by atoms with Crippen LogP contribution in [0.3, 0.4) is 0 Å². The van der Waals surface area contributed by atoms with Crippen LogP contribution in [0.4, 0.5) is 5.69 Å². The molecule has 142 valence electrons. The number of rotatable bonds is 5. The number of hydrogen-bond acceptors (Lipinski definition) is 7. The first kappa shape index (κ1) is 18.1. The van der Waals surface area contributed by atoms with Crippen molar-refractivity contribution in [3.63, 3.8) is 0 Å². The zero-order valence-electron chi connectivity index (χ0n) is 14.4. The van der Waals surface area contributed by atoms with Crippen molar-refractivity contribution in [3.05, 3.63) is 54.0 Å². The smallest absolute Gasteiger partial charge is 0.251 e. The zero-order valence-corrected chi connectivity index (χ0v) is 16.1. The van der Waals surface area contributed by atoms with Gasteiger partial charge in [0.1, 0.15) is 5.76 Å². The highest BCUT2D eigenvalue weighted by Crippen LogP contribution is 2.34. The molecule has 1 fully saturated rings. The molecule has 0 spiro atoms. The van der Waals surface area contributed by atoms with E-state index in [1.54, 1.807) is 18.4 Å². The van der Waals surface area contributed by atoms with Crippen LogP contribution in [0.5, 0.6) is 0 Å². The van der Waals surface area contributed by atoms with E-state index in [1.807, 2.05) is 24.3 Å². The molecule has 2 N–H and O–H groups in total. The van der Waals surface area contributed by atoms with Gasteiger partial charge in [-0.3, -0.25) is 9.79 Å². The van der Waals surface area contributed by atoms with Gasteiger partial charge in [-0.25, -0.2) is 8.42 Å². The molecule has 2 aliphatic rings. The Labute approximate surface area is 161 Å². The highest BCUT2D eigenvalue weighted by atomic mass is 32.2. The second-order valence-corrected chi connectivity index (χ2v) is 9.90. The van der Waals surface area contributed by atoms with Gasteiger partial charge in [0.25, 0.3) is 5.91 Å². The monoisotopic (exact) mass is 405 g/mol. The second-order valence-electron chi connectivity index (χ2n) is 6.52. The molecule has 0 radical (unpaired) electrons. The van der Waals surface area contributed by atoms with Crippen LogP contribution in [0.1, 0.15) is 16.1 Å². The van der Waals surface area contributed by atoms with Crippen molar-refractivity contribution >= 4 is 38.4 Å². The third-order valence-electron chi connectivity index (χ3n) is 4.45. The molecule has 0 bridgehead atoms. The average molecular weight is 406 g/mol. The largest absolute Gasteiger partial charge is 0.469 e. The summed E-state index contributed by atoms with van der Waals surface area (Å²) in [7, 11) is -2.95. The molecule has 4 rings (SSSR count).